The summed E-state index contributed by atoms with van der Waals surface area (Å²) in [4.78, 5) is 11.2. The third kappa shape index (κ3) is 3.62. The first-order valence-electron chi connectivity index (χ1n) is 5.29. The molecular formula is C12H17FN2O. The number of carbonyl (C=O) groups is 1. The van der Waals surface area contributed by atoms with Crippen molar-refractivity contribution in [3.63, 3.8) is 0 Å². The molecule has 1 atom stereocenters. The zero-order valence-corrected chi connectivity index (χ0v) is 9.59. The van der Waals surface area contributed by atoms with Gasteiger partial charge in [-0.1, -0.05) is 6.07 Å². The predicted octanol–water partition coefficient (Wildman–Crippen LogP) is 1.14. The van der Waals surface area contributed by atoms with Gasteiger partial charge in [0, 0.05) is 6.54 Å². The van der Waals surface area contributed by atoms with Crippen LogP contribution in [0.5, 0.6) is 0 Å². The van der Waals surface area contributed by atoms with Crippen molar-refractivity contribution in [2.75, 3.05) is 6.54 Å². The van der Waals surface area contributed by atoms with E-state index in [0.717, 1.165) is 11.1 Å². The van der Waals surface area contributed by atoms with Crippen LogP contribution < -0.4 is 11.1 Å². The molecule has 0 bridgehead atoms. The van der Waals surface area contributed by atoms with Crippen molar-refractivity contribution >= 4 is 5.91 Å². The van der Waals surface area contributed by atoms with E-state index >= 15 is 0 Å². The maximum atomic E-state index is 12.8. The van der Waals surface area contributed by atoms with E-state index in [1.807, 2.05) is 6.92 Å². The Labute approximate surface area is 94.8 Å². The fraction of sp³-hybridized carbons (Fsp3) is 0.417. The second-order valence-electron chi connectivity index (χ2n) is 3.90. The molecule has 0 fully saturated rings. The highest BCUT2D eigenvalue weighted by atomic mass is 19.1. The van der Waals surface area contributed by atoms with Gasteiger partial charge in [-0.15, -0.1) is 0 Å². The number of nitrogens with two attached hydrogens (primary N) is 1. The third-order valence-corrected chi connectivity index (χ3v) is 2.41. The Balaban J connectivity index is 2.46. The number of amides is 1. The van der Waals surface area contributed by atoms with E-state index in [-0.39, 0.29) is 11.7 Å². The van der Waals surface area contributed by atoms with Crippen LogP contribution in [-0.4, -0.2) is 18.5 Å². The molecule has 0 aliphatic rings. The second kappa shape index (κ2) is 5.61. The lowest BCUT2D eigenvalue weighted by molar-refractivity contribution is -0.121. The van der Waals surface area contributed by atoms with Gasteiger partial charge in [0.1, 0.15) is 5.82 Å². The second-order valence-corrected chi connectivity index (χ2v) is 3.90. The summed E-state index contributed by atoms with van der Waals surface area (Å²) in [5.41, 5.74) is 7.34. The Morgan fingerprint density at radius 2 is 2.25 bits per heavy atom. The van der Waals surface area contributed by atoms with E-state index in [1.165, 1.54) is 12.1 Å². The topological polar surface area (TPSA) is 55.1 Å². The first-order chi connectivity index (χ1) is 7.50. The largest absolute Gasteiger partial charge is 0.354 e. The fourth-order valence-corrected chi connectivity index (χ4v) is 1.42. The van der Waals surface area contributed by atoms with Crippen LogP contribution >= 0.6 is 0 Å². The highest BCUT2D eigenvalue weighted by Crippen LogP contribution is 2.10. The Bertz CT molecular complexity index is 377. The molecule has 1 amide bonds. The number of nitrogens with one attached hydrogen (secondary N) is 1. The molecule has 4 heteroatoms. The average Bonchev–Trinajstić information content (AvgIpc) is 2.20. The summed E-state index contributed by atoms with van der Waals surface area (Å²) in [7, 11) is 0. The van der Waals surface area contributed by atoms with Crippen LogP contribution in [0.3, 0.4) is 0 Å². The number of hydrogen-bond acceptors (Lipinski definition) is 2. The molecule has 0 saturated heterocycles. The first-order valence-corrected chi connectivity index (χ1v) is 5.29. The number of aryl methyl sites for hydroxylation is 1. The van der Waals surface area contributed by atoms with Gasteiger partial charge in [0.2, 0.25) is 5.91 Å². The quantitative estimate of drug-likeness (QED) is 0.805. The Hall–Kier alpha value is -1.42. The standard InChI is InChI=1S/C12H17FN2O/c1-8-7-11(13)4-3-10(8)5-6-15-12(16)9(2)14/h3-4,7,9H,5-6,14H2,1-2H3,(H,15,16)/t9-/m1/s1. The van der Waals surface area contributed by atoms with Crippen molar-refractivity contribution < 1.29 is 9.18 Å². The van der Waals surface area contributed by atoms with Gasteiger partial charge in [0.25, 0.3) is 0 Å². The SMILES string of the molecule is Cc1cc(F)ccc1CCNC(=O)[C@@H](C)N. The third-order valence-electron chi connectivity index (χ3n) is 2.41. The van der Waals surface area contributed by atoms with E-state index in [9.17, 15) is 9.18 Å². The van der Waals surface area contributed by atoms with Crippen LogP contribution in [0.25, 0.3) is 0 Å². The molecule has 0 aliphatic carbocycles. The molecule has 1 rings (SSSR count). The molecule has 0 aromatic heterocycles. The van der Waals surface area contributed by atoms with Gasteiger partial charge >= 0.3 is 0 Å². The highest BCUT2D eigenvalue weighted by molar-refractivity contribution is 5.80. The van der Waals surface area contributed by atoms with Crippen LogP contribution in [-0.2, 0) is 11.2 Å². The molecule has 3 N–H and O–H groups in total. The molecular weight excluding hydrogens is 207 g/mol. The molecule has 1 aromatic rings. The van der Waals surface area contributed by atoms with Crippen LogP contribution in [0.2, 0.25) is 0 Å². The summed E-state index contributed by atoms with van der Waals surface area (Å²) in [5.74, 6) is -0.402. The molecule has 1 aromatic carbocycles. The first kappa shape index (κ1) is 12.6. The molecule has 16 heavy (non-hydrogen) atoms. The summed E-state index contributed by atoms with van der Waals surface area (Å²) < 4.78 is 12.8. The lowest BCUT2D eigenvalue weighted by Gasteiger charge is -2.09. The van der Waals surface area contributed by atoms with Gasteiger partial charge in [-0.05, 0) is 43.5 Å². The maximum Gasteiger partial charge on any atom is 0.236 e. The lowest BCUT2D eigenvalue weighted by Crippen LogP contribution is -2.39. The van der Waals surface area contributed by atoms with Crippen LogP contribution in [0.1, 0.15) is 18.1 Å². The van der Waals surface area contributed by atoms with E-state index in [2.05, 4.69) is 5.32 Å². The van der Waals surface area contributed by atoms with Crippen LogP contribution in [0.4, 0.5) is 4.39 Å². The minimum absolute atomic E-state index is 0.167. The molecule has 0 saturated carbocycles. The molecule has 0 heterocycles. The number of carbonyl (C=O) groups excluding carboxylic acids is 1. The average molecular weight is 224 g/mol. The fourth-order valence-electron chi connectivity index (χ4n) is 1.42. The molecule has 0 unspecified atom stereocenters. The number of halogens is 1. The predicted molar refractivity (Wildman–Crippen MR) is 61.5 cm³/mol. The normalized spacial score (nSPS) is 12.2. The monoisotopic (exact) mass is 224 g/mol. The van der Waals surface area contributed by atoms with Crippen molar-refractivity contribution in [3.05, 3.63) is 35.1 Å². The van der Waals surface area contributed by atoms with Crippen molar-refractivity contribution in [2.24, 2.45) is 5.73 Å². The van der Waals surface area contributed by atoms with Crippen molar-refractivity contribution in [3.8, 4) is 0 Å². The number of benzene rings is 1. The molecule has 0 radical (unpaired) electrons. The van der Waals surface area contributed by atoms with Crippen molar-refractivity contribution in [2.45, 2.75) is 26.3 Å². The van der Waals surface area contributed by atoms with Gasteiger partial charge in [-0.2, -0.15) is 0 Å². The minimum atomic E-state index is -0.491. The van der Waals surface area contributed by atoms with Crippen molar-refractivity contribution in [1.82, 2.24) is 5.32 Å². The van der Waals surface area contributed by atoms with Gasteiger partial charge in [0.15, 0.2) is 0 Å². The Kier molecular flexibility index (Phi) is 4.43. The van der Waals surface area contributed by atoms with E-state index in [0.29, 0.717) is 13.0 Å². The zero-order chi connectivity index (χ0) is 12.1. The van der Waals surface area contributed by atoms with E-state index < -0.39 is 6.04 Å². The summed E-state index contributed by atoms with van der Waals surface area (Å²) in [6.07, 6.45) is 0.685. The smallest absolute Gasteiger partial charge is 0.236 e. The summed E-state index contributed by atoms with van der Waals surface area (Å²) in [6.45, 7) is 4.01. The Morgan fingerprint density at radius 1 is 1.56 bits per heavy atom. The molecule has 0 spiro atoms. The summed E-state index contributed by atoms with van der Waals surface area (Å²) >= 11 is 0. The lowest BCUT2D eigenvalue weighted by atomic mass is 10.1. The molecule has 3 nitrogen and oxygen atoms in total. The molecule has 0 aliphatic heterocycles. The van der Waals surface area contributed by atoms with Crippen LogP contribution in [0.15, 0.2) is 18.2 Å². The van der Waals surface area contributed by atoms with Gasteiger partial charge in [-0.3, -0.25) is 4.79 Å². The van der Waals surface area contributed by atoms with Crippen molar-refractivity contribution in [1.29, 1.82) is 0 Å². The van der Waals surface area contributed by atoms with E-state index in [1.54, 1.807) is 13.0 Å². The maximum absolute atomic E-state index is 12.8. The number of hydrogen-bond donors (Lipinski definition) is 2. The van der Waals surface area contributed by atoms with Gasteiger partial charge in [0.05, 0.1) is 6.04 Å². The van der Waals surface area contributed by atoms with Gasteiger partial charge < -0.3 is 11.1 Å². The summed E-state index contributed by atoms with van der Waals surface area (Å²) in [6, 6.07) is 4.16. The zero-order valence-electron chi connectivity index (χ0n) is 9.59. The summed E-state index contributed by atoms with van der Waals surface area (Å²) in [5, 5.41) is 2.71. The highest BCUT2D eigenvalue weighted by Gasteiger charge is 2.06. The minimum Gasteiger partial charge on any atom is -0.354 e. The Morgan fingerprint density at radius 3 is 2.81 bits per heavy atom. The van der Waals surface area contributed by atoms with Crippen LogP contribution in [0, 0.1) is 12.7 Å². The van der Waals surface area contributed by atoms with Gasteiger partial charge in [-0.25, -0.2) is 4.39 Å². The number of rotatable bonds is 4. The van der Waals surface area contributed by atoms with E-state index in [4.69, 9.17) is 5.73 Å². The molecule has 88 valence electrons.